The Morgan fingerprint density at radius 2 is 1.81 bits per heavy atom. The molecule has 26 heavy (non-hydrogen) atoms. The molecule has 7 heteroatoms. The van der Waals surface area contributed by atoms with E-state index < -0.39 is 0 Å². The van der Waals surface area contributed by atoms with Gasteiger partial charge in [0, 0.05) is 32.0 Å². The lowest BCUT2D eigenvalue weighted by molar-refractivity contribution is 0.0772. The number of fused-ring (bicyclic) bond motifs is 1. The summed E-state index contributed by atoms with van der Waals surface area (Å²) >= 11 is 0. The number of benzene rings is 1. The molecule has 0 saturated heterocycles. The van der Waals surface area contributed by atoms with Crippen LogP contribution in [0, 0.1) is 0 Å². The number of nitrogens with one attached hydrogen (secondary N) is 1. The molecular weight excluding hydrogens is 334 g/mol. The zero-order valence-electron chi connectivity index (χ0n) is 14.8. The van der Waals surface area contributed by atoms with Gasteiger partial charge < -0.3 is 19.7 Å². The molecule has 0 bridgehead atoms. The van der Waals surface area contributed by atoms with Gasteiger partial charge in [0.15, 0.2) is 11.5 Å². The fraction of sp³-hybridized carbons (Fsp3) is 0.316. The number of hydrogen-bond donors (Lipinski definition) is 1. The summed E-state index contributed by atoms with van der Waals surface area (Å²) in [5.74, 6) is 0.953. The van der Waals surface area contributed by atoms with Crippen molar-refractivity contribution in [3.05, 3.63) is 53.3 Å². The minimum absolute atomic E-state index is 0.132. The monoisotopic (exact) mass is 355 g/mol. The Bertz CT molecular complexity index is 818. The summed E-state index contributed by atoms with van der Waals surface area (Å²) in [5.41, 5.74) is 1.65. The van der Waals surface area contributed by atoms with Crippen molar-refractivity contribution < 1.29 is 19.1 Å². The number of carbonyl (C=O) groups excluding carboxylic acids is 2. The van der Waals surface area contributed by atoms with Crippen molar-refractivity contribution in [2.75, 3.05) is 19.9 Å². The summed E-state index contributed by atoms with van der Waals surface area (Å²) in [6.07, 6.45) is 2.93. The van der Waals surface area contributed by atoms with Crippen molar-refractivity contribution >= 4 is 11.8 Å². The predicted octanol–water partition coefficient (Wildman–Crippen LogP) is 2.22. The van der Waals surface area contributed by atoms with E-state index in [2.05, 4.69) is 10.3 Å². The molecule has 3 rings (SSSR count). The first-order valence-corrected chi connectivity index (χ1v) is 8.53. The first-order chi connectivity index (χ1) is 12.6. The Balaban J connectivity index is 1.66. The van der Waals surface area contributed by atoms with E-state index in [1.807, 2.05) is 32.0 Å². The van der Waals surface area contributed by atoms with Gasteiger partial charge in [-0.25, -0.2) is 0 Å². The van der Waals surface area contributed by atoms with Gasteiger partial charge in [0.2, 0.25) is 6.79 Å². The van der Waals surface area contributed by atoms with Crippen LogP contribution in [0.15, 0.2) is 36.7 Å². The normalized spacial score (nSPS) is 11.9. The van der Waals surface area contributed by atoms with Gasteiger partial charge in [-0.3, -0.25) is 14.6 Å². The van der Waals surface area contributed by atoms with Gasteiger partial charge in [0.05, 0.1) is 11.1 Å². The lowest BCUT2D eigenvalue weighted by Gasteiger charge is -2.18. The Labute approximate surface area is 151 Å². The first-order valence-electron chi connectivity index (χ1n) is 8.53. The van der Waals surface area contributed by atoms with Gasteiger partial charge in [0.1, 0.15) is 0 Å². The van der Waals surface area contributed by atoms with E-state index in [1.165, 1.54) is 12.4 Å². The molecular formula is C19H21N3O4. The number of ether oxygens (including phenoxy) is 2. The lowest BCUT2D eigenvalue weighted by Crippen LogP contribution is -2.31. The Kier molecular flexibility index (Phi) is 5.36. The minimum Gasteiger partial charge on any atom is -0.454 e. The predicted molar refractivity (Wildman–Crippen MR) is 95.2 cm³/mol. The van der Waals surface area contributed by atoms with Gasteiger partial charge in [0.25, 0.3) is 11.8 Å². The van der Waals surface area contributed by atoms with Crippen molar-refractivity contribution in [2.45, 2.75) is 20.4 Å². The highest BCUT2D eigenvalue weighted by atomic mass is 16.7. The summed E-state index contributed by atoms with van der Waals surface area (Å²) in [4.78, 5) is 30.5. The third-order valence-electron chi connectivity index (χ3n) is 4.19. The van der Waals surface area contributed by atoms with Crippen molar-refractivity contribution in [3.8, 4) is 11.5 Å². The highest BCUT2D eigenvalue weighted by Crippen LogP contribution is 2.32. The van der Waals surface area contributed by atoms with Gasteiger partial charge in [-0.2, -0.15) is 0 Å². The fourth-order valence-electron chi connectivity index (χ4n) is 2.71. The van der Waals surface area contributed by atoms with Gasteiger partial charge in [-0.05, 0) is 37.6 Å². The van der Waals surface area contributed by atoms with Crippen LogP contribution in [-0.4, -0.2) is 41.6 Å². The van der Waals surface area contributed by atoms with E-state index in [-0.39, 0.29) is 18.6 Å². The second-order valence-electron chi connectivity index (χ2n) is 5.81. The molecule has 0 spiro atoms. The molecule has 0 atom stereocenters. The number of nitrogens with zero attached hydrogens (tertiary/aromatic N) is 2. The largest absolute Gasteiger partial charge is 0.454 e. The number of hydrogen-bond acceptors (Lipinski definition) is 5. The second kappa shape index (κ2) is 7.86. The third-order valence-corrected chi connectivity index (χ3v) is 4.19. The summed E-state index contributed by atoms with van der Waals surface area (Å²) in [7, 11) is 0. The van der Waals surface area contributed by atoms with Gasteiger partial charge in [-0.15, -0.1) is 0 Å². The fourth-order valence-corrected chi connectivity index (χ4v) is 2.71. The van der Waals surface area contributed by atoms with Crippen molar-refractivity contribution in [1.82, 2.24) is 15.2 Å². The molecule has 0 aliphatic carbocycles. The molecule has 0 unspecified atom stereocenters. The topological polar surface area (TPSA) is 80.8 Å². The molecule has 0 saturated carbocycles. The van der Waals surface area contributed by atoms with Crippen molar-refractivity contribution in [2.24, 2.45) is 0 Å². The lowest BCUT2D eigenvalue weighted by atomic mass is 10.1. The van der Waals surface area contributed by atoms with Gasteiger partial charge in [-0.1, -0.05) is 6.07 Å². The smallest absolute Gasteiger partial charge is 0.255 e. The van der Waals surface area contributed by atoms with E-state index in [4.69, 9.17) is 9.47 Å². The number of amides is 2. The molecule has 2 amide bonds. The highest BCUT2D eigenvalue weighted by molar-refractivity contribution is 5.99. The first kappa shape index (κ1) is 17.7. The maximum absolute atomic E-state index is 12.4. The number of aromatic nitrogens is 1. The van der Waals surface area contributed by atoms with Crippen LogP contribution >= 0.6 is 0 Å². The molecule has 2 heterocycles. The molecule has 1 N–H and O–H groups in total. The SMILES string of the molecule is CCN(CC)C(=O)c1cncc(C(=O)NCc2ccc3c(c2)OCO3)c1. The minimum atomic E-state index is -0.288. The van der Waals surface area contributed by atoms with Crippen LogP contribution in [0.5, 0.6) is 11.5 Å². The van der Waals surface area contributed by atoms with Gasteiger partial charge >= 0.3 is 0 Å². The zero-order valence-corrected chi connectivity index (χ0v) is 14.8. The van der Waals surface area contributed by atoms with Crippen LogP contribution in [-0.2, 0) is 6.54 Å². The summed E-state index contributed by atoms with van der Waals surface area (Å²) in [6.45, 7) is 5.59. The van der Waals surface area contributed by atoms with E-state index in [1.54, 1.807) is 11.0 Å². The molecule has 1 aromatic carbocycles. The van der Waals surface area contributed by atoms with E-state index in [0.29, 0.717) is 42.3 Å². The van der Waals surface area contributed by atoms with E-state index in [0.717, 1.165) is 5.56 Å². The molecule has 0 fully saturated rings. The summed E-state index contributed by atoms with van der Waals surface area (Å²) < 4.78 is 10.6. The van der Waals surface area contributed by atoms with Crippen molar-refractivity contribution in [3.63, 3.8) is 0 Å². The second-order valence-corrected chi connectivity index (χ2v) is 5.81. The quantitative estimate of drug-likeness (QED) is 0.859. The third kappa shape index (κ3) is 3.77. The van der Waals surface area contributed by atoms with Crippen LogP contribution in [0.4, 0.5) is 0 Å². The molecule has 7 nitrogen and oxygen atoms in total. The average molecular weight is 355 g/mol. The molecule has 2 aromatic rings. The maximum Gasteiger partial charge on any atom is 0.255 e. The van der Waals surface area contributed by atoms with Crippen LogP contribution in [0.2, 0.25) is 0 Å². The molecule has 1 aliphatic rings. The number of rotatable bonds is 6. The average Bonchev–Trinajstić information content (AvgIpc) is 3.15. The Morgan fingerprint density at radius 1 is 1.08 bits per heavy atom. The van der Waals surface area contributed by atoms with Crippen molar-refractivity contribution in [1.29, 1.82) is 0 Å². The zero-order chi connectivity index (χ0) is 18.5. The summed E-state index contributed by atoms with van der Waals surface area (Å²) in [6, 6.07) is 7.09. The van der Waals surface area contributed by atoms with E-state index in [9.17, 15) is 9.59 Å². The molecule has 1 aromatic heterocycles. The Morgan fingerprint density at radius 3 is 2.58 bits per heavy atom. The molecule has 1 aliphatic heterocycles. The maximum atomic E-state index is 12.4. The number of carbonyl (C=O) groups is 2. The molecule has 136 valence electrons. The Hall–Kier alpha value is -3.09. The summed E-state index contributed by atoms with van der Waals surface area (Å²) in [5, 5.41) is 2.83. The highest BCUT2D eigenvalue weighted by Gasteiger charge is 2.16. The standard InChI is InChI=1S/C19H21N3O4/c1-3-22(4-2)19(24)15-8-14(10-20-11-15)18(23)21-9-13-5-6-16-17(7-13)26-12-25-16/h5-8,10-11H,3-4,9,12H2,1-2H3,(H,21,23). The van der Waals surface area contributed by atoms with Crippen LogP contribution in [0.1, 0.15) is 40.1 Å². The number of pyridine rings is 1. The molecule has 0 radical (unpaired) electrons. The van der Waals surface area contributed by atoms with Crippen LogP contribution in [0.3, 0.4) is 0 Å². The van der Waals surface area contributed by atoms with Crippen LogP contribution < -0.4 is 14.8 Å². The van der Waals surface area contributed by atoms with Crippen LogP contribution in [0.25, 0.3) is 0 Å². The van der Waals surface area contributed by atoms with E-state index >= 15 is 0 Å².